The second-order valence-electron chi connectivity index (χ2n) is 15.5. The predicted octanol–water partition coefficient (Wildman–Crippen LogP) is 1.59. The van der Waals surface area contributed by atoms with E-state index >= 15 is 0 Å². The van der Waals surface area contributed by atoms with Crippen molar-refractivity contribution in [1.29, 1.82) is 0 Å². The number of amides is 2. The smallest absolute Gasteiger partial charge is 0.340 e. The lowest BCUT2D eigenvalue weighted by molar-refractivity contribution is -0.300. The van der Waals surface area contributed by atoms with Crippen LogP contribution in [-0.4, -0.2) is 115 Å². The number of Topliss-reactive ketones (excluding diaryl/α,β-unsaturated/α-hetero) is 1. The van der Waals surface area contributed by atoms with Gasteiger partial charge in [0.1, 0.15) is 17.0 Å². The molecule has 5 saturated carbocycles. The van der Waals surface area contributed by atoms with Crippen LogP contribution in [0.1, 0.15) is 56.3 Å². The molecule has 2 heterocycles. The Morgan fingerprint density at radius 3 is 2.46 bits per heavy atom. The first-order valence-electron chi connectivity index (χ1n) is 17.3. The van der Waals surface area contributed by atoms with Crippen molar-refractivity contribution < 1.29 is 48.3 Å². The number of ketones is 1. The molecule has 7 fully saturated rings. The van der Waals surface area contributed by atoms with E-state index in [0.717, 1.165) is 4.90 Å². The highest BCUT2D eigenvalue weighted by Gasteiger charge is 2.91. The number of imide groups is 1. The molecule has 48 heavy (non-hydrogen) atoms. The lowest BCUT2D eigenvalue weighted by Crippen LogP contribution is -2.81. The van der Waals surface area contributed by atoms with Gasteiger partial charge in [0.15, 0.2) is 0 Å². The Hall–Kier alpha value is -2.74. The van der Waals surface area contributed by atoms with E-state index in [-0.39, 0.29) is 66.2 Å². The first-order chi connectivity index (χ1) is 22.9. The van der Waals surface area contributed by atoms with Crippen molar-refractivity contribution in [1.82, 2.24) is 4.90 Å². The third-order valence-electron chi connectivity index (χ3n) is 14.0. The standard InChI is InChI=1S/C36H46N2O10/c1-6-37-16-33(17-48-31(42)19-9-7-8-10-22(19)38-25(39)13-18(2)30(38)41)12-11-24(46-4)35-21-14-20-23(45-3)15-34(43,26(21)27(20)40)36(44,32(35)37)29(47-5)28(33)35/h7-10,18,20-21,23-24,26,28-29,32,43-44H,6,11-17H2,1-5H3/t18-,20+,21+,23-,24-,26+,28+,29-,32+,33-,34+,35-,36+/m0/s1. The number of fused-ring (bicyclic) bond motifs is 2. The molecule has 1 aromatic carbocycles. The van der Waals surface area contributed by atoms with E-state index in [4.69, 9.17) is 18.9 Å². The minimum atomic E-state index is -1.84. The summed E-state index contributed by atoms with van der Waals surface area (Å²) in [5, 5.41) is 26.1. The van der Waals surface area contributed by atoms with Gasteiger partial charge in [0.2, 0.25) is 11.8 Å². The molecule has 7 aliphatic rings. The van der Waals surface area contributed by atoms with Crippen molar-refractivity contribution in [2.75, 3.05) is 45.9 Å². The summed E-state index contributed by atoms with van der Waals surface area (Å²) in [6.07, 6.45) is 0.178. The number of carbonyl (C=O) groups excluding carboxylic acids is 4. The average Bonchev–Trinajstić information content (AvgIpc) is 3.56. The summed E-state index contributed by atoms with van der Waals surface area (Å²) in [5.74, 6) is -3.81. The second-order valence-corrected chi connectivity index (χ2v) is 15.5. The van der Waals surface area contributed by atoms with Crippen molar-refractivity contribution in [2.45, 2.75) is 81.5 Å². The van der Waals surface area contributed by atoms with Gasteiger partial charge in [0.25, 0.3) is 0 Å². The first-order valence-corrected chi connectivity index (χ1v) is 17.3. The normalized spacial score (nSPS) is 47.2. The Bertz CT molecular complexity index is 1580. The van der Waals surface area contributed by atoms with E-state index in [1.807, 2.05) is 6.92 Å². The number of para-hydroxylation sites is 1. The molecule has 7 bridgehead atoms. The van der Waals surface area contributed by atoms with Gasteiger partial charge in [-0.25, -0.2) is 9.69 Å². The number of hydrogen-bond acceptors (Lipinski definition) is 11. The molecule has 12 nitrogen and oxygen atoms in total. The molecule has 2 amide bonds. The zero-order valence-electron chi connectivity index (χ0n) is 28.2. The number of piperidine rings is 1. The van der Waals surface area contributed by atoms with Crippen LogP contribution in [0.2, 0.25) is 0 Å². The maximum atomic E-state index is 14.1. The summed E-state index contributed by atoms with van der Waals surface area (Å²) in [7, 11) is 4.78. The van der Waals surface area contributed by atoms with Crippen LogP contribution in [0.3, 0.4) is 0 Å². The zero-order chi connectivity index (χ0) is 34.1. The van der Waals surface area contributed by atoms with E-state index in [2.05, 4.69) is 4.90 Å². The number of hydrogen-bond donors (Lipinski definition) is 2. The molecule has 2 aliphatic heterocycles. The van der Waals surface area contributed by atoms with Crippen LogP contribution in [0.15, 0.2) is 24.3 Å². The van der Waals surface area contributed by atoms with Crippen LogP contribution in [0.5, 0.6) is 0 Å². The maximum Gasteiger partial charge on any atom is 0.340 e. The van der Waals surface area contributed by atoms with E-state index in [0.29, 0.717) is 32.4 Å². The van der Waals surface area contributed by atoms with Crippen LogP contribution in [0.4, 0.5) is 5.69 Å². The SMILES string of the molecule is CCN1C[C@]2(COC(=O)c3ccccc3N3C(=O)C[C@H](C)C3=O)CC[C@H](OC)[C@]34[C@@H]5C[C@H]6C(=O)[C@@H]5[C@](O)(C[C@@H]6OC)[C@](O)([C@H]13)[C@@H](OC)[C@H]24. The fraction of sp³-hybridized carbons (Fsp3) is 0.722. The van der Waals surface area contributed by atoms with E-state index in [1.54, 1.807) is 52.5 Å². The van der Waals surface area contributed by atoms with Gasteiger partial charge in [-0.3, -0.25) is 19.3 Å². The van der Waals surface area contributed by atoms with Gasteiger partial charge in [-0.1, -0.05) is 26.0 Å². The first kappa shape index (κ1) is 32.5. The molecule has 1 aromatic rings. The third kappa shape index (κ3) is 3.56. The number of methoxy groups -OCH3 is 3. The zero-order valence-corrected chi connectivity index (χ0v) is 28.2. The Balaban J connectivity index is 1.23. The number of aliphatic hydroxyl groups is 2. The van der Waals surface area contributed by atoms with E-state index in [1.165, 1.54) is 0 Å². The number of carbonyl (C=O) groups is 4. The Morgan fingerprint density at radius 1 is 1.06 bits per heavy atom. The number of likely N-dealkylation sites (N-methyl/N-ethyl adjacent to an activating group) is 1. The number of ether oxygens (including phenoxy) is 4. The Kier molecular flexibility index (Phi) is 7.19. The number of esters is 1. The lowest BCUT2D eigenvalue weighted by Gasteiger charge is -2.69. The molecule has 0 radical (unpaired) electrons. The van der Waals surface area contributed by atoms with Gasteiger partial charge in [-0.05, 0) is 43.9 Å². The molecule has 12 heteroatoms. The second kappa shape index (κ2) is 10.6. The van der Waals surface area contributed by atoms with Gasteiger partial charge in [-0.2, -0.15) is 0 Å². The minimum Gasteiger partial charge on any atom is -0.461 e. The van der Waals surface area contributed by atoms with Gasteiger partial charge < -0.3 is 29.2 Å². The summed E-state index contributed by atoms with van der Waals surface area (Å²) < 4.78 is 24.7. The van der Waals surface area contributed by atoms with Crippen molar-refractivity contribution in [3.63, 3.8) is 0 Å². The highest BCUT2D eigenvalue weighted by molar-refractivity contribution is 6.22. The molecule has 5 aliphatic carbocycles. The van der Waals surface area contributed by atoms with Crippen LogP contribution in [0, 0.1) is 40.4 Å². The molecule has 8 rings (SSSR count). The summed E-state index contributed by atoms with van der Waals surface area (Å²) in [4.78, 5) is 57.2. The Labute approximate surface area is 280 Å². The van der Waals surface area contributed by atoms with Gasteiger partial charge in [0.05, 0.1) is 48.1 Å². The third-order valence-corrected chi connectivity index (χ3v) is 14.0. The van der Waals surface area contributed by atoms with Crippen LogP contribution < -0.4 is 4.90 Å². The number of rotatable bonds is 8. The van der Waals surface area contributed by atoms with Crippen molar-refractivity contribution in [3.05, 3.63) is 29.8 Å². The van der Waals surface area contributed by atoms with Gasteiger partial charge >= 0.3 is 5.97 Å². The minimum absolute atomic E-state index is 0.0195. The van der Waals surface area contributed by atoms with Crippen molar-refractivity contribution in [2.24, 2.45) is 40.4 Å². The molecule has 2 saturated heterocycles. The number of benzene rings is 1. The van der Waals surface area contributed by atoms with Crippen molar-refractivity contribution in [3.8, 4) is 0 Å². The predicted molar refractivity (Wildman–Crippen MR) is 169 cm³/mol. The van der Waals surface area contributed by atoms with Crippen molar-refractivity contribution >= 4 is 29.3 Å². The average molecular weight is 667 g/mol. The number of likely N-dealkylation sites (tertiary alicyclic amines) is 1. The largest absolute Gasteiger partial charge is 0.461 e. The monoisotopic (exact) mass is 666 g/mol. The van der Waals surface area contributed by atoms with E-state index < -0.39 is 64.0 Å². The summed E-state index contributed by atoms with van der Waals surface area (Å²) >= 11 is 0. The van der Waals surface area contributed by atoms with Gasteiger partial charge in [0, 0.05) is 69.3 Å². The number of anilines is 1. The molecule has 0 unspecified atom stereocenters. The summed E-state index contributed by atoms with van der Waals surface area (Å²) in [6.45, 7) is 4.72. The topological polar surface area (TPSA) is 152 Å². The quantitative estimate of drug-likeness (QED) is 0.307. The molecule has 13 atom stereocenters. The van der Waals surface area contributed by atoms with E-state index in [9.17, 15) is 29.4 Å². The maximum absolute atomic E-state index is 14.1. The van der Waals surface area contributed by atoms with Crippen LogP contribution >= 0.6 is 0 Å². The molecule has 2 N–H and O–H groups in total. The molecule has 0 aromatic heterocycles. The fourth-order valence-corrected chi connectivity index (χ4v) is 12.6. The van der Waals surface area contributed by atoms with Crippen LogP contribution in [0.25, 0.3) is 0 Å². The summed E-state index contributed by atoms with van der Waals surface area (Å²) in [6, 6.07) is 5.93. The molecular weight excluding hydrogens is 620 g/mol. The summed E-state index contributed by atoms with van der Waals surface area (Å²) in [5.41, 5.74) is -4.80. The Morgan fingerprint density at radius 2 is 1.81 bits per heavy atom. The lowest BCUT2D eigenvalue weighted by atomic mass is 9.42. The number of nitrogens with zero attached hydrogens (tertiary/aromatic N) is 2. The highest BCUT2D eigenvalue weighted by Crippen LogP contribution is 2.80. The molecule has 260 valence electrons. The fourth-order valence-electron chi connectivity index (χ4n) is 12.6. The highest BCUT2D eigenvalue weighted by atomic mass is 16.5. The molecular formula is C36H46N2O10. The van der Waals surface area contributed by atoms with Gasteiger partial charge in [-0.15, -0.1) is 0 Å². The molecule has 1 spiro atoms. The van der Waals surface area contributed by atoms with Crippen LogP contribution in [-0.2, 0) is 33.3 Å².